The van der Waals surface area contributed by atoms with Crippen molar-refractivity contribution in [3.8, 4) is 0 Å². The van der Waals surface area contributed by atoms with Crippen LogP contribution in [0.4, 0.5) is 10.5 Å². The molecule has 2 aromatic carbocycles. The number of aliphatic imine (C=N–C) groups is 1. The summed E-state index contributed by atoms with van der Waals surface area (Å²) >= 11 is 1.62. The first kappa shape index (κ1) is 24.2. The van der Waals surface area contributed by atoms with Crippen LogP contribution in [0.2, 0.25) is 0 Å². The van der Waals surface area contributed by atoms with Crippen LogP contribution in [0.1, 0.15) is 22.9 Å². The first-order valence-corrected chi connectivity index (χ1v) is 12.2. The molecule has 3 aromatic rings. The predicted molar refractivity (Wildman–Crippen MR) is 138 cm³/mol. The maximum Gasteiger partial charge on any atom is 0.315 e. The standard InChI is InChI=1S/C26H27N5O3S/c1-17(28-26(34)27-15-14-19-11-8-16-35-19)24(32)30-23-25(33)31(2)21-13-7-6-12-20(21)22(29-23)18-9-4-3-5-10-18/h3-13,16-17,23H,14-15H2,1-2H3,(H,30,32)(H2,27,28,34)/t17-,23+/m0/s1. The lowest BCUT2D eigenvalue weighted by Crippen LogP contribution is -2.53. The molecule has 8 nitrogen and oxygen atoms in total. The molecule has 0 saturated heterocycles. The molecule has 1 aliphatic rings. The molecule has 1 aliphatic heterocycles. The summed E-state index contributed by atoms with van der Waals surface area (Å²) in [6, 6.07) is 19.7. The number of para-hydroxylation sites is 1. The van der Waals surface area contributed by atoms with Gasteiger partial charge in [-0.1, -0.05) is 54.6 Å². The van der Waals surface area contributed by atoms with Crippen LogP contribution in [0.15, 0.2) is 77.1 Å². The number of fused-ring (bicyclic) bond motifs is 1. The fourth-order valence-corrected chi connectivity index (χ4v) is 4.48. The van der Waals surface area contributed by atoms with Crippen molar-refractivity contribution in [1.29, 1.82) is 0 Å². The summed E-state index contributed by atoms with van der Waals surface area (Å²) in [7, 11) is 1.66. The lowest BCUT2D eigenvalue weighted by Gasteiger charge is -2.22. The van der Waals surface area contributed by atoms with Gasteiger partial charge in [0.2, 0.25) is 12.1 Å². The Bertz CT molecular complexity index is 1230. The molecule has 1 aromatic heterocycles. The van der Waals surface area contributed by atoms with Gasteiger partial charge in [-0.25, -0.2) is 9.79 Å². The highest BCUT2D eigenvalue weighted by molar-refractivity contribution is 7.09. The van der Waals surface area contributed by atoms with E-state index in [2.05, 4.69) is 20.9 Å². The molecular formula is C26H27N5O3S. The van der Waals surface area contributed by atoms with Gasteiger partial charge in [-0.2, -0.15) is 0 Å². The Labute approximate surface area is 208 Å². The van der Waals surface area contributed by atoms with Crippen molar-refractivity contribution in [3.63, 3.8) is 0 Å². The Morgan fingerprint density at radius 1 is 1.06 bits per heavy atom. The van der Waals surface area contributed by atoms with Crippen LogP contribution in [0.25, 0.3) is 0 Å². The van der Waals surface area contributed by atoms with E-state index < -0.39 is 24.1 Å². The lowest BCUT2D eigenvalue weighted by molar-refractivity contribution is -0.128. The molecule has 0 aliphatic carbocycles. The average Bonchev–Trinajstić information content (AvgIpc) is 3.36. The van der Waals surface area contributed by atoms with E-state index in [-0.39, 0.29) is 5.91 Å². The molecule has 2 atom stereocenters. The highest BCUT2D eigenvalue weighted by atomic mass is 32.1. The van der Waals surface area contributed by atoms with Crippen LogP contribution in [-0.2, 0) is 16.0 Å². The topological polar surface area (TPSA) is 103 Å². The van der Waals surface area contributed by atoms with E-state index in [0.717, 1.165) is 11.1 Å². The average molecular weight is 490 g/mol. The van der Waals surface area contributed by atoms with Crippen molar-refractivity contribution < 1.29 is 14.4 Å². The third-order valence-electron chi connectivity index (χ3n) is 5.65. The Morgan fingerprint density at radius 3 is 2.54 bits per heavy atom. The molecule has 4 amide bonds. The molecule has 3 N–H and O–H groups in total. The number of nitrogens with zero attached hydrogens (tertiary/aromatic N) is 2. The zero-order valence-corrected chi connectivity index (χ0v) is 20.3. The van der Waals surface area contributed by atoms with Crippen molar-refractivity contribution in [2.75, 3.05) is 18.5 Å². The second kappa shape index (κ2) is 11.0. The fourth-order valence-electron chi connectivity index (χ4n) is 3.77. The van der Waals surface area contributed by atoms with Crippen molar-refractivity contribution in [2.45, 2.75) is 25.6 Å². The van der Waals surface area contributed by atoms with E-state index in [1.54, 1.807) is 25.3 Å². The second-order valence-corrected chi connectivity index (χ2v) is 9.15. The third-order valence-corrected chi connectivity index (χ3v) is 6.58. The third kappa shape index (κ3) is 5.75. The van der Waals surface area contributed by atoms with E-state index >= 15 is 0 Å². The minimum Gasteiger partial charge on any atom is -0.338 e. The number of urea groups is 1. The van der Waals surface area contributed by atoms with Crippen LogP contribution < -0.4 is 20.9 Å². The van der Waals surface area contributed by atoms with Crippen molar-refractivity contribution >= 4 is 40.6 Å². The number of amides is 4. The highest BCUT2D eigenvalue weighted by Crippen LogP contribution is 2.27. The molecule has 0 spiro atoms. The van der Waals surface area contributed by atoms with Gasteiger partial charge in [-0.15, -0.1) is 11.3 Å². The first-order valence-electron chi connectivity index (χ1n) is 11.3. The van der Waals surface area contributed by atoms with E-state index in [1.807, 2.05) is 72.1 Å². The van der Waals surface area contributed by atoms with Gasteiger partial charge in [-0.3, -0.25) is 9.59 Å². The molecule has 4 rings (SSSR count). The van der Waals surface area contributed by atoms with Gasteiger partial charge < -0.3 is 20.9 Å². The minimum atomic E-state index is -1.14. The summed E-state index contributed by atoms with van der Waals surface area (Å²) in [4.78, 5) is 45.7. The number of carbonyl (C=O) groups excluding carboxylic acids is 3. The summed E-state index contributed by atoms with van der Waals surface area (Å²) in [5, 5.41) is 10.1. The Balaban J connectivity index is 1.46. The molecule has 0 fully saturated rings. The van der Waals surface area contributed by atoms with Gasteiger partial charge in [-0.05, 0) is 30.9 Å². The molecule has 2 heterocycles. The number of nitrogens with one attached hydrogen (secondary N) is 3. The SMILES string of the molecule is C[C@H](NC(=O)NCCc1cccs1)C(=O)N[C@H]1N=C(c2ccccc2)c2ccccc2N(C)C1=O. The van der Waals surface area contributed by atoms with Crippen LogP contribution in [0.3, 0.4) is 0 Å². The van der Waals surface area contributed by atoms with Crippen LogP contribution >= 0.6 is 11.3 Å². The summed E-state index contributed by atoms with van der Waals surface area (Å²) in [5.41, 5.74) is 2.94. The lowest BCUT2D eigenvalue weighted by atomic mass is 10.0. The first-order chi connectivity index (χ1) is 16.9. The van der Waals surface area contributed by atoms with Gasteiger partial charge in [0.25, 0.3) is 5.91 Å². The molecule has 9 heteroatoms. The van der Waals surface area contributed by atoms with Crippen molar-refractivity contribution in [3.05, 3.63) is 88.1 Å². The molecule has 180 valence electrons. The quantitative estimate of drug-likeness (QED) is 0.475. The van der Waals surface area contributed by atoms with Crippen LogP contribution in [0.5, 0.6) is 0 Å². The van der Waals surface area contributed by atoms with Crippen LogP contribution in [0, 0.1) is 0 Å². The number of likely N-dealkylation sites (N-methyl/N-ethyl adjacent to an activating group) is 1. The zero-order chi connectivity index (χ0) is 24.8. The molecule has 0 saturated carbocycles. The van der Waals surface area contributed by atoms with Gasteiger partial charge in [0.1, 0.15) is 6.04 Å². The second-order valence-electron chi connectivity index (χ2n) is 8.12. The predicted octanol–water partition coefficient (Wildman–Crippen LogP) is 2.93. The van der Waals surface area contributed by atoms with Gasteiger partial charge in [0, 0.05) is 29.6 Å². The van der Waals surface area contributed by atoms with E-state index in [9.17, 15) is 14.4 Å². The van der Waals surface area contributed by atoms with Crippen molar-refractivity contribution in [1.82, 2.24) is 16.0 Å². The number of hydrogen-bond donors (Lipinski definition) is 3. The summed E-state index contributed by atoms with van der Waals surface area (Å²) in [6.45, 7) is 2.02. The largest absolute Gasteiger partial charge is 0.338 e. The maximum atomic E-state index is 13.2. The van der Waals surface area contributed by atoms with E-state index in [0.29, 0.717) is 24.4 Å². The number of carbonyl (C=O) groups is 3. The minimum absolute atomic E-state index is 0.371. The maximum absolute atomic E-state index is 13.2. The molecule has 35 heavy (non-hydrogen) atoms. The fraction of sp³-hybridized carbons (Fsp3) is 0.231. The molecule has 0 bridgehead atoms. The summed E-state index contributed by atoms with van der Waals surface area (Å²) in [6.07, 6.45) is -0.423. The van der Waals surface area contributed by atoms with Gasteiger partial charge >= 0.3 is 6.03 Å². The number of rotatable bonds is 7. The summed E-state index contributed by atoms with van der Waals surface area (Å²) < 4.78 is 0. The Kier molecular flexibility index (Phi) is 7.57. The zero-order valence-electron chi connectivity index (χ0n) is 19.5. The van der Waals surface area contributed by atoms with Gasteiger partial charge in [0.05, 0.1) is 11.4 Å². The van der Waals surface area contributed by atoms with E-state index in [4.69, 9.17) is 0 Å². The number of anilines is 1. The highest BCUT2D eigenvalue weighted by Gasteiger charge is 2.32. The number of benzodiazepines with no additional fused rings is 1. The Morgan fingerprint density at radius 2 is 1.80 bits per heavy atom. The number of hydrogen-bond acceptors (Lipinski definition) is 5. The molecule has 0 unspecified atom stereocenters. The van der Waals surface area contributed by atoms with Gasteiger partial charge in [0.15, 0.2) is 0 Å². The molecular weight excluding hydrogens is 462 g/mol. The molecule has 0 radical (unpaired) electrons. The normalized spacial score (nSPS) is 15.9. The number of thiophene rings is 1. The Hall–Kier alpha value is -3.98. The smallest absolute Gasteiger partial charge is 0.315 e. The number of benzene rings is 2. The van der Waals surface area contributed by atoms with E-state index in [1.165, 1.54) is 9.78 Å². The monoisotopic (exact) mass is 489 g/mol. The van der Waals surface area contributed by atoms with Crippen molar-refractivity contribution in [2.24, 2.45) is 4.99 Å². The van der Waals surface area contributed by atoms with Crippen LogP contribution in [-0.4, -0.2) is 49.4 Å². The summed E-state index contributed by atoms with van der Waals surface area (Å²) in [5.74, 6) is -0.878.